The number of thiophene rings is 1. The van der Waals surface area contributed by atoms with E-state index in [9.17, 15) is 4.79 Å². The third kappa shape index (κ3) is 2.43. The second-order valence-electron chi connectivity index (χ2n) is 3.00. The van der Waals surface area contributed by atoms with Crippen LogP contribution in [0.3, 0.4) is 0 Å². The molecule has 2 aromatic heterocycles. The highest BCUT2D eigenvalue weighted by molar-refractivity contribution is 7.14. The Labute approximate surface area is 95.0 Å². The van der Waals surface area contributed by atoms with E-state index >= 15 is 0 Å². The summed E-state index contributed by atoms with van der Waals surface area (Å²) in [6, 6.07) is 3.98. The third-order valence-electron chi connectivity index (χ3n) is 1.96. The quantitative estimate of drug-likeness (QED) is 0.892. The number of aromatic nitrogens is 1. The predicted octanol–water partition coefficient (Wildman–Crippen LogP) is 2.89. The third-order valence-corrected chi connectivity index (χ3v) is 3.73. The molecule has 2 rings (SSSR count). The van der Waals surface area contributed by atoms with Crippen LogP contribution in [0.2, 0.25) is 0 Å². The van der Waals surface area contributed by atoms with Gasteiger partial charge >= 0.3 is 5.97 Å². The lowest BCUT2D eigenvalue weighted by Crippen LogP contribution is -1.96. The van der Waals surface area contributed by atoms with Gasteiger partial charge in [-0.05, 0) is 17.9 Å². The lowest BCUT2D eigenvalue weighted by Gasteiger charge is -1.97. The summed E-state index contributed by atoms with van der Waals surface area (Å²) in [7, 11) is 0. The molecule has 0 unspecified atom stereocenters. The molecule has 3 nitrogen and oxygen atoms in total. The Morgan fingerprint density at radius 1 is 1.47 bits per heavy atom. The van der Waals surface area contributed by atoms with E-state index < -0.39 is 5.97 Å². The number of hydrogen-bond acceptors (Lipinski definition) is 4. The maximum Gasteiger partial charge on any atom is 0.303 e. The molecular weight excluding hydrogens is 230 g/mol. The van der Waals surface area contributed by atoms with Crippen molar-refractivity contribution in [3.05, 3.63) is 27.9 Å². The van der Waals surface area contributed by atoms with Gasteiger partial charge in [-0.25, -0.2) is 4.98 Å². The molecule has 0 aliphatic heterocycles. The van der Waals surface area contributed by atoms with Crippen LogP contribution >= 0.6 is 22.7 Å². The van der Waals surface area contributed by atoms with Gasteiger partial charge < -0.3 is 5.11 Å². The van der Waals surface area contributed by atoms with Crippen LogP contribution in [0.1, 0.15) is 11.3 Å². The minimum atomic E-state index is -0.763. The molecule has 0 saturated heterocycles. The Balaban J connectivity index is 2.19. The summed E-state index contributed by atoms with van der Waals surface area (Å²) in [5.41, 5.74) is 2.71. The summed E-state index contributed by atoms with van der Waals surface area (Å²) < 4.78 is 0. The molecule has 2 heterocycles. The van der Waals surface area contributed by atoms with E-state index in [0.717, 1.165) is 15.4 Å². The monoisotopic (exact) mass is 239 g/mol. The Morgan fingerprint density at radius 3 is 3.00 bits per heavy atom. The van der Waals surface area contributed by atoms with Crippen LogP contribution in [0, 0.1) is 0 Å². The van der Waals surface area contributed by atoms with Gasteiger partial charge in [0.1, 0.15) is 0 Å². The van der Waals surface area contributed by atoms with Gasteiger partial charge in [0.15, 0.2) is 0 Å². The van der Waals surface area contributed by atoms with Gasteiger partial charge in [0, 0.05) is 4.88 Å². The predicted molar refractivity (Wildman–Crippen MR) is 61.4 cm³/mol. The number of aliphatic carboxylic acids is 1. The van der Waals surface area contributed by atoms with Crippen LogP contribution < -0.4 is 0 Å². The highest BCUT2D eigenvalue weighted by Crippen LogP contribution is 2.29. The van der Waals surface area contributed by atoms with Crippen molar-refractivity contribution in [3.63, 3.8) is 0 Å². The molecule has 5 heteroatoms. The van der Waals surface area contributed by atoms with Crippen molar-refractivity contribution in [3.8, 4) is 10.6 Å². The molecule has 0 aliphatic rings. The fraction of sp³-hybridized carbons (Fsp3) is 0.200. The van der Waals surface area contributed by atoms with E-state index in [1.807, 2.05) is 17.5 Å². The van der Waals surface area contributed by atoms with Gasteiger partial charge in [-0.3, -0.25) is 4.79 Å². The number of carbonyl (C=O) groups is 1. The van der Waals surface area contributed by atoms with Crippen LogP contribution in [-0.2, 0) is 11.2 Å². The molecule has 0 spiro atoms. The zero-order chi connectivity index (χ0) is 10.7. The molecule has 0 aliphatic carbocycles. The summed E-state index contributed by atoms with van der Waals surface area (Å²) in [5, 5.41) is 10.6. The second kappa shape index (κ2) is 4.55. The van der Waals surface area contributed by atoms with Gasteiger partial charge in [0.25, 0.3) is 0 Å². The SMILES string of the molecule is O=C(O)CCc1scnc1-c1cccs1. The molecule has 0 amide bonds. The average Bonchev–Trinajstić information content (AvgIpc) is 2.85. The van der Waals surface area contributed by atoms with Crippen LogP contribution in [0.4, 0.5) is 0 Å². The highest BCUT2D eigenvalue weighted by atomic mass is 32.1. The van der Waals surface area contributed by atoms with Crippen molar-refractivity contribution in [1.29, 1.82) is 0 Å². The molecule has 0 aromatic carbocycles. The Kier molecular flexibility index (Phi) is 3.13. The molecule has 2 aromatic rings. The summed E-state index contributed by atoms with van der Waals surface area (Å²) >= 11 is 3.15. The van der Waals surface area contributed by atoms with Crippen LogP contribution in [0.25, 0.3) is 10.6 Å². The van der Waals surface area contributed by atoms with Crippen molar-refractivity contribution in [2.45, 2.75) is 12.8 Å². The first-order valence-electron chi connectivity index (χ1n) is 4.45. The summed E-state index contributed by atoms with van der Waals surface area (Å²) in [4.78, 5) is 16.9. The minimum Gasteiger partial charge on any atom is -0.481 e. The van der Waals surface area contributed by atoms with Crippen LogP contribution in [0.15, 0.2) is 23.0 Å². The van der Waals surface area contributed by atoms with Gasteiger partial charge in [-0.2, -0.15) is 0 Å². The summed E-state index contributed by atoms with van der Waals surface area (Å²) in [6.45, 7) is 0. The molecule has 0 fully saturated rings. The van der Waals surface area contributed by atoms with Crippen molar-refractivity contribution >= 4 is 28.6 Å². The van der Waals surface area contributed by atoms with Crippen LogP contribution in [-0.4, -0.2) is 16.1 Å². The zero-order valence-electron chi connectivity index (χ0n) is 7.84. The maximum absolute atomic E-state index is 10.5. The first-order chi connectivity index (χ1) is 7.27. The average molecular weight is 239 g/mol. The normalized spacial score (nSPS) is 10.4. The highest BCUT2D eigenvalue weighted by Gasteiger charge is 2.10. The van der Waals surface area contributed by atoms with Crippen molar-refractivity contribution in [1.82, 2.24) is 4.98 Å². The van der Waals surface area contributed by atoms with E-state index in [1.54, 1.807) is 16.8 Å². The number of thiazole rings is 1. The number of aryl methyl sites for hydroxylation is 1. The topological polar surface area (TPSA) is 50.2 Å². The molecular formula is C10H9NO2S2. The van der Waals surface area contributed by atoms with Gasteiger partial charge in [-0.1, -0.05) is 6.07 Å². The van der Waals surface area contributed by atoms with E-state index in [2.05, 4.69) is 4.98 Å². The number of carboxylic acids is 1. The number of carboxylic acid groups (broad SMARTS) is 1. The van der Waals surface area contributed by atoms with Gasteiger partial charge in [-0.15, -0.1) is 22.7 Å². The summed E-state index contributed by atoms with van der Waals surface area (Å²) in [6.07, 6.45) is 0.730. The van der Waals surface area contributed by atoms with E-state index in [1.165, 1.54) is 11.3 Å². The molecule has 0 atom stereocenters. The number of nitrogens with zero attached hydrogens (tertiary/aromatic N) is 1. The minimum absolute atomic E-state index is 0.167. The molecule has 15 heavy (non-hydrogen) atoms. The number of rotatable bonds is 4. The van der Waals surface area contributed by atoms with Crippen molar-refractivity contribution in [2.75, 3.05) is 0 Å². The van der Waals surface area contributed by atoms with E-state index in [-0.39, 0.29) is 6.42 Å². The van der Waals surface area contributed by atoms with E-state index in [4.69, 9.17) is 5.11 Å². The lowest BCUT2D eigenvalue weighted by atomic mass is 10.2. The standard InChI is InChI=1S/C10H9NO2S2/c12-9(13)4-3-8-10(11-6-15-8)7-2-1-5-14-7/h1-2,5-6H,3-4H2,(H,12,13). The molecule has 0 saturated carbocycles. The smallest absolute Gasteiger partial charge is 0.303 e. The van der Waals surface area contributed by atoms with Crippen LogP contribution in [0.5, 0.6) is 0 Å². The first-order valence-corrected chi connectivity index (χ1v) is 6.21. The molecule has 1 N–H and O–H groups in total. The van der Waals surface area contributed by atoms with E-state index in [0.29, 0.717) is 6.42 Å². The maximum atomic E-state index is 10.5. The first kappa shape index (κ1) is 10.3. The Morgan fingerprint density at radius 2 is 2.33 bits per heavy atom. The molecule has 0 radical (unpaired) electrons. The molecule has 78 valence electrons. The molecule has 0 bridgehead atoms. The van der Waals surface area contributed by atoms with Crippen molar-refractivity contribution < 1.29 is 9.90 Å². The lowest BCUT2D eigenvalue weighted by molar-refractivity contribution is -0.136. The number of hydrogen-bond donors (Lipinski definition) is 1. The second-order valence-corrected chi connectivity index (χ2v) is 4.88. The fourth-order valence-corrected chi connectivity index (χ4v) is 2.88. The Hall–Kier alpha value is -1.20. The largest absolute Gasteiger partial charge is 0.481 e. The van der Waals surface area contributed by atoms with Crippen molar-refractivity contribution in [2.24, 2.45) is 0 Å². The summed E-state index contributed by atoms with van der Waals surface area (Å²) in [5.74, 6) is -0.763. The zero-order valence-corrected chi connectivity index (χ0v) is 9.48. The fourth-order valence-electron chi connectivity index (χ4n) is 1.28. The van der Waals surface area contributed by atoms with Gasteiger partial charge in [0.05, 0.1) is 22.5 Å². The van der Waals surface area contributed by atoms with Gasteiger partial charge in [0.2, 0.25) is 0 Å². The Bertz CT molecular complexity index is 448.